The minimum atomic E-state index is -0.549. The number of benzene rings is 4. The van der Waals surface area contributed by atoms with Gasteiger partial charge in [-0.2, -0.15) is 0 Å². The molecule has 0 fully saturated rings. The number of aromatic nitrogens is 1. The summed E-state index contributed by atoms with van der Waals surface area (Å²) in [5, 5.41) is 13.4. The van der Waals surface area contributed by atoms with E-state index in [2.05, 4.69) is 125 Å². The van der Waals surface area contributed by atoms with Gasteiger partial charge in [0.15, 0.2) is 0 Å². The van der Waals surface area contributed by atoms with Gasteiger partial charge in [0.2, 0.25) is 0 Å². The van der Waals surface area contributed by atoms with E-state index in [1.54, 1.807) is 0 Å². The molecule has 0 saturated carbocycles. The summed E-state index contributed by atoms with van der Waals surface area (Å²) in [6.45, 7) is 8.28. The van der Waals surface area contributed by atoms with Crippen LogP contribution in [0.15, 0.2) is 109 Å². The van der Waals surface area contributed by atoms with Gasteiger partial charge in [0.05, 0.1) is 31.9 Å². The minimum absolute atomic E-state index is 0.170. The Morgan fingerprint density at radius 3 is 1.67 bits per heavy atom. The lowest BCUT2D eigenvalue weighted by Crippen LogP contribution is -2.39. The van der Waals surface area contributed by atoms with Crippen LogP contribution >= 0.6 is 0 Å². The van der Waals surface area contributed by atoms with Crippen LogP contribution in [0.2, 0.25) is 0 Å². The summed E-state index contributed by atoms with van der Waals surface area (Å²) in [5.74, 6) is 0. The Labute approximate surface area is 231 Å². The fourth-order valence-corrected chi connectivity index (χ4v) is 5.43. The molecule has 4 aromatic carbocycles. The standard InChI is InChI=1S/C34H39N3O2/c1-3-35(4-2)23-29(38)26-39-30(24-36(27-15-7-5-8-16-27)28-17-9-6-10-18-28)25-37-33-21-13-11-19-31(33)32-20-12-14-22-34(32)37/h5-22,29-30,38H,3-4,23-26H2,1-2H3/t29-,30-/m0/s1. The Balaban J connectivity index is 1.49. The number of aliphatic hydroxyl groups excluding tert-OH is 1. The van der Waals surface area contributed by atoms with E-state index in [-0.39, 0.29) is 12.7 Å². The van der Waals surface area contributed by atoms with Gasteiger partial charge in [-0.15, -0.1) is 0 Å². The monoisotopic (exact) mass is 521 g/mol. The van der Waals surface area contributed by atoms with Gasteiger partial charge < -0.3 is 24.2 Å². The third-order valence-corrected chi connectivity index (χ3v) is 7.48. The van der Waals surface area contributed by atoms with Crippen molar-refractivity contribution in [1.82, 2.24) is 9.47 Å². The zero-order valence-electron chi connectivity index (χ0n) is 23.0. The van der Waals surface area contributed by atoms with Gasteiger partial charge in [-0.3, -0.25) is 0 Å². The quantitative estimate of drug-likeness (QED) is 0.187. The van der Waals surface area contributed by atoms with Crippen molar-refractivity contribution in [2.45, 2.75) is 32.6 Å². The van der Waals surface area contributed by atoms with E-state index in [1.807, 2.05) is 12.1 Å². The lowest BCUT2D eigenvalue weighted by Gasteiger charge is -2.31. The van der Waals surface area contributed by atoms with E-state index in [9.17, 15) is 5.11 Å². The van der Waals surface area contributed by atoms with Gasteiger partial charge in [-0.1, -0.05) is 86.6 Å². The maximum atomic E-state index is 10.9. The Morgan fingerprint density at radius 2 is 1.15 bits per heavy atom. The molecule has 202 valence electrons. The summed E-state index contributed by atoms with van der Waals surface area (Å²) in [6, 6.07) is 38.1. The molecule has 0 aliphatic carbocycles. The molecular weight excluding hydrogens is 482 g/mol. The topological polar surface area (TPSA) is 40.9 Å². The number of anilines is 2. The van der Waals surface area contributed by atoms with E-state index >= 15 is 0 Å². The first-order valence-electron chi connectivity index (χ1n) is 14.0. The Hall–Kier alpha value is -3.64. The van der Waals surface area contributed by atoms with Gasteiger partial charge in [-0.05, 0) is 49.5 Å². The molecule has 0 aliphatic rings. The molecule has 0 radical (unpaired) electrons. The van der Waals surface area contributed by atoms with Crippen LogP contribution in [0.3, 0.4) is 0 Å². The Morgan fingerprint density at radius 1 is 0.667 bits per heavy atom. The highest BCUT2D eigenvalue weighted by atomic mass is 16.5. The van der Waals surface area contributed by atoms with Crippen LogP contribution in [-0.2, 0) is 11.3 Å². The van der Waals surface area contributed by atoms with Crippen LogP contribution in [0.25, 0.3) is 21.8 Å². The number of hydrogen-bond acceptors (Lipinski definition) is 4. The summed E-state index contributed by atoms with van der Waals surface area (Å²) >= 11 is 0. The molecule has 0 amide bonds. The molecule has 0 spiro atoms. The molecule has 5 rings (SSSR count). The van der Waals surface area contributed by atoms with Crippen molar-refractivity contribution in [2.75, 3.05) is 37.7 Å². The first kappa shape index (κ1) is 26.9. The summed E-state index contributed by atoms with van der Waals surface area (Å²) in [5.41, 5.74) is 4.62. The van der Waals surface area contributed by atoms with Crippen LogP contribution in [0.4, 0.5) is 11.4 Å². The lowest BCUT2D eigenvalue weighted by molar-refractivity contribution is -0.0217. The molecule has 0 bridgehead atoms. The van der Waals surface area contributed by atoms with E-state index in [0.717, 1.165) is 24.5 Å². The van der Waals surface area contributed by atoms with Gasteiger partial charge in [0.25, 0.3) is 0 Å². The molecule has 5 heteroatoms. The molecule has 1 heterocycles. The average Bonchev–Trinajstić information content (AvgIpc) is 3.31. The van der Waals surface area contributed by atoms with E-state index in [1.165, 1.54) is 21.8 Å². The van der Waals surface area contributed by atoms with E-state index in [4.69, 9.17) is 4.74 Å². The number of fused-ring (bicyclic) bond motifs is 3. The molecule has 0 unspecified atom stereocenters. The first-order chi connectivity index (χ1) is 19.2. The molecule has 5 nitrogen and oxygen atoms in total. The van der Waals surface area contributed by atoms with Crippen molar-refractivity contribution in [3.05, 3.63) is 109 Å². The van der Waals surface area contributed by atoms with Crippen molar-refractivity contribution in [2.24, 2.45) is 0 Å². The zero-order chi connectivity index (χ0) is 27.0. The lowest BCUT2D eigenvalue weighted by atomic mass is 10.2. The fraction of sp³-hybridized carbons (Fsp3) is 0.294. The molecule has 39 heavy (non-hydrogen) atoms. The van der Waals surface area contributed by atoms with Gasteiger partial charge in [0.1, 0.15) is 0 Å². The second kappa shape index (κ2) is 12.9. The molecule has 1 N–H and O–H groups in total. The minimum Gasteiger partial charge on any atom is -0.389 e. The van der Waals surface area contributed by atoms with Gasteiger partial charge in [-0.25, -0.2) is 0 Å². The van der Waals surface area contributed by atoms with Crippen molar-refractivity contribution >= 4 is 33.2 Å². The average molecular weight is 522 g/mol. The van der Waals surface area contributed by atoms with E-state index in [0.29, 0.717) is 19.6 Å². The summed E-state index contributed by atoms with van der Waals surface area (Å²) in [4.78, 5) is 4.55. The second-order valence-electron chi connectivity index (χ2n) is 10.0. The zero-order valence-corrected chi connectivity index (χ0v) is 23.0. The smallest absolute Gasteiger partial charge is 0.0934 e. The fourth-order valence-electron chi connectivity index (χ4n) is 5.43. The SMILES string of the molecule is CCN(CC)C[C@H](O)CO[C@@H](CN(c1ccccc1)c1ccccc1)Cn1c2ccccc2c2ccccc21. The molecular formula is C34H39N3O2. The van der Waals surface area contributed by atoms with Crippen LogP contribution < -0.4 is 4.90 Å². The molecule has 5 aromatic rings. The predicted octanol–water partition coefficient (Wildman–Crippen LogP) is 6.72. The molecule has 1 aromatic heterocycles. The number of likely N-dealkylation sites (N-methyl/N-ethyl adjacent to an activating group) is 1. The highest BCUT2D eigenvalue weighted by Gasteiger charge is 2.22. The second-order valence-corrected chi connectivity index (χ2v) is 10.0. The summed E-state index contributed by atoms with van der Waals surface area (Å²) < 4.78 is 8.97. The maximum Gasteiger partial charge on any atom is 0.0934 e. The normalized spacial score (nSPS) is 13.2. The van der Waals surface area contributed by atoms with Crippen LogP contribution in [0.1, 0.15) is 13.8 Å². The highest BCUT2D eigenvalue weighted by Crippen LogP contribution is 2.30. The van der Waals surface area contributed by atoms with E-state index < -0.39 is 6.10 Å². The number of rotatable bonds is 13. The third kappa shape index (κ3) is 6.34. The Kier molecular flexibility index (Phi) is 8.94. The van der Waals surface area contributed by atoms with Crippen LogP contribution in [0, 0.1) is 0 Å². The number of para-hydroxylation sites is 4. The van der Waals surface area contributed by atoms with Crippen molar-refractivity contribution in [1.29, 1.82) is 0 Å². The van der Waals surface area contributed by atoms with Crippen molar-refractivity contribution < 1.29 is 9.84 Å². The van der Waals surface area contributed by atoms with Gasteiger partial charge in [0, 0.05) is 39.7 Å². The predicted molar refractivity (Wildman–Crippen MR) is 163 cm³/mol. The maximum absolute atomic E-state index is 10.9. The third-order valence-electron chi connectivity index (χ3n) is 7.48. The van der Waals surface area contributed by atoms with Crippen molar-refractivity contribution in [3.8, 4) is 0 Å². The Bertz CT molecular complexity index is 1350. The molecule has 0 saturated heterocycles. The van der Waals surface area contributed by atoms with Crippen LogP contribution in [0.5, 0.6) is 0 Å². The van der Waals surface area contributed by atoms with Gasteiger partial charge >= 0.3 is 0 Å². The van der Waals surface area contributed by atoms with Crippen LogP contribution in [-0.4, -0.2) is 59.6 Å². The number of aliphatic hydroxyl groups is 1. The number of nitrogens with zero attached hydrogens (tertiary/aromatic N) is 3. The van der Waals surface area contributed by atoms with Crippen molar-refractivity contribution in [3.63, 3.8) is 0 Å². The number of hydrogen-bond donors (Lipinski definition) is 1. The summed E-state index contributed by atoms with van der Waals surface area (Å²) in [7, 11) is 0. The highest BCUT2D eigenvalue weighted by molar-refractivity contribution is 6.07. The molecule has 0 aliphatic heterocycles. The number of ether oxygens (including phenoxy) is 1. The summed E-state index contributed by atoms with van der Waals surface area (Å²) in [6.07, 6.45) is -0.719. The molecule has 2 atom stereocenters. The largest absolute Gasteiger partial charge is 0.389 e. The first-order valence-corrected chi connectivity index (χ1v) is 14.0.